The van der Waals surface area contributed by atoms with E-state index in [1.165, 1.54) is 5.56 Å². The Morgan fingerprint density at radius 2 is 1.74 bits per heavy atom. The first kappa shape index (κ1) is 25.5. The van der Waals surface area contributed by atoms with Crippen LogP contribution in [0.15, 0.2) is 66.0 Å². The summed E-state index contributed by atoms with van der Waals surface area (Å²) in [6.45, 7) is 7.31. The van der Waals surface area contributed by atoms with Crippen molar-refractivity contribution in [3.63, 3.8) is 0 Å². The predicted octanol–water partition coefficient (Wildman–Crippen LogP) is 5.21. The number of pyridine rings is 1. The third-order valence-corrected chi connectivity index (χ3v) is 5.69. The van der Waals surface area contributed by atoms with Gasteiger partial charge in [0.2, 0.25) is 0 Å². The number of halogens is 1. The van der Waals surface area contributed by atoms with Crippen LogP contribution in [0.25, 0.3) is 0 Å². The number of benzene rings is 2. The number of carbonyl (C=O) groups excluding carboxylic acids is 1. The van der Waals surface area contributed by atoms with E-state index >= 15 is 0 Å². The van der Waals surface area contributed by atoms with Gasteiger partial charge in [-0.05, 0) is 75.5 Å². The first-order valence-electron chi connectivity index (χ1n) is 10.7. The Kier molecular flexibility index (Phi) is 8.86. The molecule has 2 aromatic carbocycles. The molecule has 7 nitrogen and oxygen atoms in total. The molecule has 178 valence electrons. The van der Waals surface area contributed by atoms with E-state index in [1.54, 1.807) is 43.9 Å². The minimum atomic E-state index is -0.312. The van der Waals surface area contributed by atoms with Crippen LogP contribution in [-0.2, 0) is 5.41 Å². The molecule has 3 rings (SSSR count). The van der Waals surface area contributed by atoms with Crippen molar-refractivity contribution in [1.29, 1.82) is 0 Å². The summed E-state index contributed by atoms with van der Waals surface area (Å²) in [6.07, 6.45) is 4.66. The zero-order valence-corrected chi connectivity index (χ0v) is 21.8. The van der Waals surface area contributed by atoms with Crippen LogP contribution in [0.5, 0.6) is 17.2 Å². The molecule has 1 heterocycles. The molecule has 1 aromatic heterocycles. The zero-order valence-electron chi connectivity index (χ0n) is 19.7. The maximum atomic E-state index is 12.1. The van der Waals surface area contributed by atoms with Gasteiger partial charge in [-0.15, -0.1) is 0 Å². The van der Waals surface area contributed by atoms with Crippen LogP contribution >= 0.6 is 22.6 Å². The number of methoxy groups -OCH3 is 1. The van der Waals surface area contributed by atoms with Gasteiger partial charge in [-0.2, -0.15) is 5.10 Å². The van der Waals surface area contributed by atoms with Crippen molar-refractivity contribution in [2.75, 3.05) is 20.3 Å². The molecule has 3 aromatic rings. The van der Waals surface area contributed by atoms with Crippen LogP contribution in [-0.4, -0.2) is 37.4 Å². The van der Waals surface area contributed by atoms with Crippen molar-refractivity contribution in [1.82, 2.24) is 10.4 Å². The van der Waals surface area contributed by atoms with Crippen LogP contribution in [0.1, 0.15) is 42.3 Å². The minimum Gasteiger partial charge on any atom is -0.493 e. The second-order valence-corrected chi connectivity index (χ2v) is 9.60. The summed E-state index contributed by atoms with van der Waals surface area (Å²) in [6, 6.07) is 15.1. The van der Waals surface area contributed by atoms with E-state index in [2.05, 4.69) is 71.0 Å². The van der Waals surface area contributed by atoms with Gasteiger partial charge in [0.25, 0.3) is 5.91 Å². The maximum Gasteiger partial charge on any atom is 0.271 e. The number of amides is 1. The minimum absolute atomic E-state index is 0.108. The number of hydrazone groups is 1. The number of ether oxygens (including phenoxy) is 3. The molecule has 0 unspecified atom stereocenters. The summed E-state index contributed by atoms with van der Waals surface area (Å²) in [4.78, 5) is 16.0. The molecule has 0 spiro atoms. The molecule has 0 aliphatic rings. The molecule has 1 N–H and O–H groups in total. The summed E-state index contributed by atoms with van der Waals surface area (Å²) in [5, 5.41) is 4.03. The Morgan fingerprint density at radius 1 is 1.06 bits per heavy atom. The van der Waals surface area contributed by atoms with Crippen molar-refractivity contribution >= 4 is 34.7 Å². The molecule has 0 fully saturated rings. The number of hydrogen-bond acceptors (Lipinski definition) is 6. The number of nitrogens with zero attached hydrogens (tertiary/aromatic N) is 2. The normalized spacial score (nSPS) is 11.3. The smallest absolute Gasteiger partial charge is 0.271 e. The SMILES string of the molecule is COc1cc(C=NNC(=O)c2ccncc2)cc(I)c1OCCOc1ccc(C(C)(C)C)cc1. The molecule has 0 bridgehead atoms. The van der Waals surface area contributed by atoms with E-state index in [1.807, 2.05) is 18.2 Å². The Hall–Kier alpha value is -3.14. The first-order valence-corrected chi connectivity index (χ1v) is 11.8. The number of nitrogens with one attached hydrogen (secondary N) is 1. The molecule has 34 heavy (non-hydrogen) atoms. The van der Waals surface area contributed by atoms with Crippen molar-refractivity contribution in [2.45, 2.75) is 26.2 Å². The lowest BCUT2D eigenvalue weighted by Crippen LogP contribution is -2.17. The molecule has 0 saturated heterocycles. The van der Waals surface area contributed by atoms with E-state index < -0.39 is 0 Å². The highest BCUT2D eigenvalue weighted by Crippen LogP contribution is 2.33. The molecular formula is C26H28IN3O4. The fraction of sp³-hybridized carbons (Fsp3) is 0.269. The van der Waals surface area contributed by atoms with Crippen LogP contribution < -0.4 is 19.6 Å². The van der Waals surface area contributed by atoms with Crippen LogP contribution in [0.4, 0.5) is 0 Å². The van der Waals surface area contributed by atoms with Gasteiger partial charge in [-0.3, -0.25) is 9.78 Å². The van der Waals surface area contributed by atoms with Gasteiger partial charge in [0.15, 0.2) is 11.5 Å². The third-order valence-electron chi connectivity index (χ3n) is 4.89. The Balaban J connectivity index is 1.55. The molecule has 0 saturated carbocycles. The molecule has 1 amide bonds. The van der Waals surface area contributed by atoms with Crippen LogP contribution in [0, 0.1) is 3.57 Å². The quantitative estimate of drug-likeness (QED) is 0.165. The lowest BCUT2D eigenvalue weighted by molar-refractivity contribution is 0.0955. The highest BCUT2D eigenvalue weighted by molar-refractivity contribution is 14.1. The van der Waals surface area contributed by atoms with Crippen LogP contribution in [0.3, 0.4) is 0 Å². The zero-order chi connectivity index (χ0) is 24.6. The van der Waals surface area contributed by atoms with Gasteiger partial charge in [0, 0.05) is 18.0 Å². The lowest BCUT2D eigenvalue weighted by atomic mass is 9.87. The van der Waals surface area contributed by atoms with Crippen molar-refractivity contribution < 1.29 is 19.0 Å². The second kappa shape index (κ2) is 11.8. The lowest BCUT2D eigenvalue weighted by Gasteiger charge is -2.19. The molecule has 8 heteroatoms. The Morgan fingerprint density at radius 3 is 2.38 bits per heavy atom. The highest BCUT2D eigenvalue weighted by atomic mass is 127. The fourth-order valence-electron chi connectivity index (χ4n) is 3.04. The standard InChI is InChI=1S/C26H28IN3O4/c1-26(2,3)20-5-7-21(8-6-20)33-13-14-34-24-22(27)15-18(16-23(24)32-4)17-29-30-25(31)19-9-11-28-12-10-19/h5-12,15-17H,13-14H2,1-4H3,(H,30,31). The number of carbonyl (C=O) groups is 1. The monoisotopic (exact) mass is 573 g/mol. The molecule has 0 aliphatic carbocycles. The summed E-state index contributed by atoms with van der Waals surface area (Å²) in [5.41, 5.74) is 5.11. The van der Waals surface area contributed by atoms with Gasteiger partial charge in [0.1, 0.15) is 19.0 Å². The largest absolute Gasteiger partial charge is 0.493 e. The second-order valence-electron chi connectivity index (χ2n) is 8.44. The van der Waals surface area contributed by atoms with Crippen molar-refractivity contribution in [3.8, 4) is 17.2 Å². The third kappa shape index (κ3) is 7.18. The van der Waals surface area contributed by atoms with Crippen molar-refractivity contribution in [2.24, 2.45) is 5.10 Å². The van der Waals surface area contributed by atoms with Crippen LogP contribution in [0.2, 0.25) is 0 Å². The molecular weight excluding hydrogens is 545 g/mol. The Bertz CT molecular complexity index is 1130. The number of aromatic nitrogens is 1. The van der Waals surface area contributed by atoms with Gasteiger partial charge in [-0.1, -0.05) is 32.9 Å². The fourth-order valence-corrected chi connectivity index (χ4v) is 3.82. The van der Waals surface area contributed by atoms with E-state index in [4.69, 9.17) is 14.2 Å². The van der Waals surface area contributed by atoms with Gasteiger partial charge in [-0.25, -0.2) is 5.43 Å². The number of rotatable bonds is 9. The average molecular weight is 573 g/mol. The molecule has 0 atom stereocenters. The number of hydrogen-bond donors (Lipinski definition) is 1. The highest BCUT2D eigenvalue weighted by Gasteiger charge is 2.14. The molecule has 0 radical (unpaired) electrons. The van der Waals surface area contributed by atoms with Gasteiger partial charge < -0.3 is 14.2 Å². The summed E-state index contributed by atoms with van der Waals surface area (Å²) < 4.78 is 18.1. The van der Waals surface area contributed by atoms with Crippen molar-refractivity contribution in [3.05, 3.63) is 81.2 Å². The average Bonchev–Trinajstić information content (AvgIpc) is 2.82. The molecule has 0 aliphatic heterocycles. The van der Waals surface area contributed by atoms with E-state index in [0.717, 1.165) is 14.9 Å². The van der Waals surface area contributed by atoms with E-state index in [9.17, 15) is 4.79 Å². The first-order chi connectivity index (χ1) is 16.3. The predicted molar refractivity (Wildman–Crippen MR) is 141 cm³/mol. The van der Waals surface area contributed by atoms with E-state index in [0.29, 0.717) is 30.3 Å². The van der Waals surface area contributed by atoms with E-state index in [-0.39, 0.29) is 11.3 Å². The summed E-state index contributed by atoms with van der Waals surface area (Å²) in [7, 11) is 1.58. The maximum absolute atomic E-state index is 12.1. The van der Waals surface area contributed by atoms with Gasteiger partial charge >= 0.3 is 0 Å². The summed E-state index contributed by atoms with van der Waals surface area (Å²) >= 11 is 2.18. The summed E-state index contributed by atoms with van der Waals surface area (Å²) in [5.74, 6) is 1.70. The topological polar surface area (TPSA) is 82.0 Å². The Labute approximate surface area is 213 Å². The van der Waals surface area contributed by atoms with Gasteiger partial charge in [0.05, 0.1) is 16.9 Å².